The molecule has 0 aromatic heterocycles. The lowest BCUT2D eigenvalue weighted by atomic mass is 9.94. The van der Waals surface area contributed by atoms with E-state index in [1.54, 1.807) is 0 Å². The summed E-state index contributed by atoms with van der Waals surface area (Å²) in [5.41, 5.74) is 0. The predicted octanol–water partition coefficient (Wildman–Crippen LogP) is 15.5. The van der Waals surface area contributed by atoms with Crippen molar-refractivity contribution in [2.45, 2.75) is 291 Å². The summed E-state index contributed by atoms with van der Waals surface area (Å²) in [7, 11) is 0. The average Bonchev–Trinajstić information content (AvgIpc) is 3.84. The third kappa shape index (κ3) is 37.9. The van der Waals surface area contributed by atoms with Crippen molar-refractivity contribution in [1.82, 2.24) is 15.1 Å². The molecular weight excluding hydrogens is 791 g/mol. The zero-order chi connectivity index (χ0) is 46.4. The molecule has 1 aliphatic rings. The van der Waals surface area contributed by atoms with Crippen LogP contribution in [0.5, 0.6) is 0 Å². The maximum Gasteiger partial charge on any atom is 0.305 e. The van der Waals surface area contributed by atoms with Gasteiger partial charge in [0.15, 0.2) is 0 Å². The Morgan fingerprint density at radius 3 is 1.44 bits per heavy atom. The Balaban J connectivity index is 2.41. The van der Waals surface area contributed by atoms with Gasteiger partial charge in [-0.2, -0.15) is 0 Å². The first-order valence-electron chi connectivity index (χ1n) is 29.0. The van der Waals surface area contributed by atoms with Gasteiger partial charge in [0.05, 0.1) is 13.2 Å². The summed E-state index contributed by atoms with van der Waals surface area (Å²) in [6.45, 7) is 15.6. The predicted molar refractivity (Wildman–Crippen MR) is 277 cm³/mol. The Bertz CT molecular complexity index is 958. The number of aliphatic hydroxyl groups is 1. The molecule has 1 fully saturated rings. The summed E-state index contributed by atoms with van der Waals surface area (Å²) in [4.78, 5) is 30.9. The minimum Gasteiger partial charge on any atom is -0.465 e. The first-order chi connectivity index (χ1) is 31.5. The van der Waals surface area contributed by atoms with Gasteiger partial charge in [-0.15, -0.1) is 0 Å². The van der Waals surface area contributed by atoms with Gasteiger partial charge in [0.25, 0.3) is 0 Å². The van der Waals surface area contributed by atoms with E-state index in [2.05, 4.69) is 42.8 Å². The van der Waals surface area contributed by atoms with Crippen LogP contribution in [0.3, 0.4) is 0 Å². The SMILES string of the molecule is CCCCCCCCC(CCCCCCCC)CNC(=O)CCCCCN(CCO)CCN(CCCCCC(=O)OCC(CCCCCCCC)CCCCCCCC)C1CCCC1. The van der Waals surface area contributed by atoms with Crippen molar-refractivity contribution in [3.8, 4) is 0 Å². The van der Waals surface area contributed by atoms with Crippen LogP contribution in [0.1, 0.15) is 285 Å². The maximum absolute atomic E-state index is 12.9. The minimum absolute atomic E-state index is 0.00931. The Morgan fingerprint density at radius 1 is 0.500 bits per heavy atom. The van der Waals surface area contributed by atoms with E-state index in [9.17, 15) is 14.7 Å². The summed E-state index contributed by atoms with van der Waals surface area (Å²) in [6.07, 6.45) is 49.5. The van der Waals surface area contributed by atoms with Gasteiger partial charge in [-0.3, -0.25) is 19.4 Å². The van der Waals surface area contributed by atoms with E-state index in [1.807, 2.05) is 0 Å². The van der Waals surface area contributed by atoms with E-state index < -0.39 is 0 Å². The number of hydrogen-bond acceptors (Lipinski definition) is 6. The van der Waals surface area contributed by atoms with Crippen molar-refractivity contribution in [3.63, 3.8) is 0 Å². The number of rotatable bonds is 50. The van der Waals surface area contributed by atoms with Crippen molar-refractivity contribution < 1.29 is 19.4 Å². The normalized spacial score (nSPS) is 13.4. The number of carbonyl (C=O) groups is 2. The van der Waals surface area contributed by atoms with Crippen LogP contribution in [-0.4, -0.2) is 85.3 Å². The van der Waals surface area contributed by atoms with E-state index in [0.717, 1.165) is 77.8 Å². The fourth-order valence-corrected chi connectivity index (χ4v) is 10.2. The first kappa shape index (κ1) is 60.8. The van der Waals surface area contributed by atoms with Crippen molar-refractivity contribution in [1.29, 1.82) is 0 Å². The second kappa shape index (κ2) is 46.9. The zero-order valence-corrected chi connectivity index (χ0v) is 43.7. The third-order valence-electron chi connectivity index (χ3n) is 14.6. The number of carbonyl (C=O) groups excluding carboxylic acids is 2. The van der Waals surface area contributed by atoms with Crippen molar-refractivity contribution >= 4 is 11.9 Å². The monoisotopic (exact) mass is 904 g/mol. The molecule has 380 valence electrons. The molecule has 0 bridgehead atoms. The number of hydrogen-bond donors (Lipinski definition) is 2. The molecule has 64 heavy (non-hydrogen) atoms. The Labute approximate surface area is 399 Å². The number of esters is 1. The molecular formula is C57H113N3O4. The first-order valence-corrected chi connectivity index (χ1v) is 29.0. The standard InChI is InChI=1S/C57H113N3O4/c1-5-9-13-17-21-27-37-53(38-28-22-18-14-10-6-2)51-58-56(62)43-31-25-35-45-59(49-50-61)47-48-60(55-41-33-34-42-55)46-36-26-32-44-57(63)64-52-54(39-29-23-19-15-11-7-3)40-30-24-20-16-12-8-4/h53-55,61H,5-52H2,1-4H3,(H,58,62). The molecule has 7 nitrogen and oxygen atoms in total. The summed E-state index contributed by atoms with van der Waals surface area (Å²) in [5.74, 6) is 1.40. The highest BCUT2D eigenvalue weighted by molar-refractivity contribution is 5.75. The molecule has 0 saturated heterocycles. The van der Waals surface area contributed by atoms with Gasteiger partial charge in [0, 0.05) is 45.1 Å². The molecule has 2 N–H and O–H groups in total. The summed E-state index contributed by atoms with van der Waals surface area (Å²) < 4.78 is 5.92. The maximum atomic E-state index is 12.9. The summed E-state index contributed by atoms with van der Waals surface area (Å²) in [6, 6.07) is 0.672. The highest BCUT2D eigenvalue weighted by Crippen LogP contribution is 2.25. The van der Waals surface area contributed by atoms with Crippen LogP contribution in [0.2, 0.25) is 0 Å². The lowest BCUT2D eigenvalue weighted by Crippen LogP contribution is -2.41. The second-order valence-electron chi connectivity index (χ2n) is 20.6. The highest BCUT2D eigenvalue weighted by atomic mass is 16.5. The fraction of sp³-hybridized carbons (Fsp3) is 0.965. The highest BCUT2D eigenvalue weighted by Gasteiger charge is 2.23. The van der Waals surface area contributed by atoms with E-state index in [0.29, 0.717) is 37.3 Å². The Hall–Kier alpha value is -1.18. The molecule has 7 heteroatoms. The molecule has 0 aromatic carbocycles. The molecule has 0 radical (unpaired) electrons. The summed E-state index contributed by atoms with van der Waals surface area (Å²) in [5, 5.41) is 13.3. The molecule has 0 heterocycles. The van der Waals surface area contributed by atoms with Crippen LogP contribution in [0, 0.1) is 11.8 Å². The second-order valence-corrected chi connectivity index (χ2v) is 20.6. The van der Waals surface area contributed by atoms with E-state index >= 15 is 0 Å². The molecule has 1 amide bonds. The average molecular weight is 905 g/mol. The van der Waals surface area contributed by atoms with Gasteiger partial charge in [-0.1, -0.05) is 207 Å². The largest absolute Gasteiger partial charge is 0.465 e. The molecule has 0 spiro atoms. The zero-order valence-electron chi connectivity index (χ0n) is 43.7. The molecule has 1 rings (SSSR count). The summed E-state index contributed by atoms with van der Waals surface area (Å²) >= 11 is 0. The van der Waals surface area contributed by atoms with Crippen LogP contribution in [0.25, 0.3) is 0 Å². The van der Waals surface area contributed by atoms with E-state index in [4.69, 9.17) is 4.74 Å². The number of unbranched alkanes of at least 4 members (excludes halogenated alkanes) is 24. The van der Waals surface area contributed by atoms with E-state index in [-0.39, 0.29) is 18.5 Å². The molecule has 0 atom stereocenters. The molecule has 1 aliphatic carbocycles. The van der Waals surface area contributed by atoms with Gasteiger partial charge in [0.1, 0.15) is 0 Å². The lowest BCUT2D eigenvalue weighted by Gasteiger charge is -2.32. The van der Waals surface area contributed by atoms with Crippen LogP contribution in [0.15, 0.2) is 0 Å². The van der Waals surface area contributed by atoms with E-state index in [1.165, 1.54) is 205 Å². The smallest absolute Gasteiger partial charge is 0.305 e. The van der Waals surface area contributed by atoms with Gasteiger partial charge < -0.3 is 15.2 Å². The quantitative estimate of drug-likeness (QED) is 0.0467. The fourth-order valence-electron chi connectivity index (χ4n) is 10.2. The number of aliphatic hydroxyl groups excluding tert-OH is 1. The van der Waals surface area contributed by atoms with Crippen molar-refractivity contribution in [2.75, 3.05) is 52.5 Å². The lowest BCUT2D eigenvalue weighted by molar-refractivity contribution is -0.145. The topological polar surface area (TPSA) is 82.1 Å². The van der Waals surface area contributed by atoms with Crippen LogP contribution in [0.4, 0.5) is 0 Å². The Kier molecular flexibility index (Phi) is 44.6. The van der Waals surface area contributed by atoms with Gasteiger partial charge in [-0.25, -0.2) is 0 Å². The number of ether oxygens (including phenoxy) is 1. The molecule has 1 saturated carbocycles. The van der Waals surface area contributed by atoms with Gasteiger partial charge in [-0.05, 0) is 89.1 Å². The number of nitrogens with zero attached hydrogens (tertiary/aromatic N) is 2. The van der Waals surface area contributed by atoms with Crippen LogP contribution < -0.4 is 5.32 Å². The number of amides is 1. The third-order valence-corrected chi connectivity index (χ3v) is 14.6. The van der Waals surface area contributed by atoms with Crippen LogP contribution >= 0.6 is 0 Å². The van der Waals surface area contributed by atoms with Crippen molar-refractivity contribution in [2.24, 2.45) is 11.8 Å². The Morgan fingerprint density at radius 2 is 0.938 bits per heavy atom. The van der Waals surface area contributed by atoms with Gasteiger partial charge in [0.2, 0.25) is 5.91 Å². The molecule has 0 unspecified atom stereocenters. The molecule has 0 aromatic rings. The molecule has 0 aliphatic heterocycles. The minimum atomic E-state index is 0.00931. The van der Waals surface area contributed by atoms with Crippen molar-refractivity contribution in [3.05, 3.63) is 0 Å². The van der Waals surface area contributed by atoms with Gasteiger partial charge >= 0.3 is 5.97 Å². The number of nitrogens with one attached hydrogen (secondary N) is 1. The van der Waals surface area contributed by atoms with Crippen LogP contribution in [-0.2, 0) is 14.3 Å².